The van der Waals surface area contributed by atoms with Gasteiger partial charge in [-0.05, 0) is 36.8 Å². The maximum Gasteiger partial charge on any atom is 0.199 e. The Kier molecular flexibility index (Phi) is 5.23. The molecule has 0 fully saturated rings. The number of carbonyl (C=O) groups excluding carboxylic acids is 1. The number of benzene rings is 2. The van der Waals surface area contributed by atoms with E-state index < -0.39 is 23.0 Å². The van der Waals surface area contributed by atoms with Gasteiger partial charge in [0, 0.05) is 23.7 Å². The fraction of sp³-hybridized carbons (Fsp3) is 0.167. The molecule has 128 valence electrons. The summed E-state index contributed by atoms with van der Waals surface area (Å²) >= 11 is 1.30. The van der Waals surface area contributed by atoms with Gasteiger partial charge in [0.1, 0.15) is 5.82 Å². The first-order chi connectivity index (χ1) is 12.1. The maximum atomic E-state index is 14.6. The van der Waals surface area contributed by atoms with Gasteiger partial charge in [0.15, 0.2) is 11.6 Å². The highest BCUT2D eigenvalue weighted by molar-refractivity contribution is 8.00. The minimum Gasteiger partial charge on any atom is -0.327 e. The quantitative estimate of drug-likeness (QED) is 0.396. The van der Waals surface area contributed by atoms with E-state index in [1.54, 1.807) is 6.07 Å². The Labute approximate surface area is 147 Å². The highest BCUT2D eigenvalue weighted by Gasteiger charge is 2.22. The predicted octanol–water partition coefficient (Wildman–Crippen LogP) is 4.61. The molecule has 0 aliphatic carbocycles. The van der Waals surface area contributed by atoms with Crippen molar-refractivity contribution < 1.29 is 13.6 Å². The SMILES string of the molecule is CCCSNc1ccc(F)c(C(=O)c2ccc3nccnc3c2)c1F. The van der Waals surface area contributed by atoms with Gasteiger partial charge in [0.25, 0.3) is 0 Å². The first-order valence-electron chi connectivity index (χ1n) is 7.73. The number of hydrogen-bond donors (Lipinski definition) is 1. The second-order valence-electron chi connectivity index (χ2n) is 5.32. The number of nitrogens with one attached hydrogen (secondary N) is 1. The molecular formula is C18H15F2N3OS. The fourth-order valence-corrected chi connectivity index (χ4v) is 2.94. The zero-order valence-corrected chi connectivity index (χ0v) is 14.2. The summed E-state index contributed by atoms with van der Waals surface area (Å²) in [6.07, 6.45) is 3.93. The van der Waals surface area contributed by atoms with Crippen LogP contribution in [0.25, 0.3) is 11.0 Å². The van der Waals surface area contributed by atoms with Gasteiger partial charge < -0.3 is 4.72 Å². The lowest BCUT2D eigenvalue weighted by molar-refractivity contribution is 0.103. The molecule has 2 aromatic carbocycles. The lowest BCUT2D eigenvalue weighted by atomic mass is 10.0. The number of ketones is 1. The Balaban J connectivity index is 1.98. The molecule has 0 saturated carbocycles. The van der Waals surface area contributed by atoms with E-state index in [9.17, 15) is 13.6 Å². The van der Waals surface area contributed by atoms with E-state index in [4.69, 9.17) is 0 Å². The molecule has 25 heavy (non-hydrogen) atoms. The van der Waals surface area contributed by atoms with Crippen LogP contribution < -0.4 is 4.72 Å². The Hall–Kier alpha value is -2.54. The minimum atomic E-state index is -0.896. The van der Waals surface area contributed by atoms with Crippen LogP contribution in [0.5, 0.6) is 0 Å². The summed E-state index contributed by atoms with van der Waals surface area (Å²) in [5.41, 5.74) is 0.756. The molecule has 0 atom stereocenters. The lowest BCUT2D eigenvalue weighted by Crippen LogP contribution is -2.09. The van der Waals surface area contributed by atoms with Gasteiger partial charge >= 0.3 is 0 Å². The van der Waals surface area contributed by atoms with Crippen molar-refractivity contribution in [2.24, 2.45) is 0 Å². The van der Waals surface area contributed by atoms with Crippen molar-refractivity contribution in [2.45, 2.75) is 13.3 Å². The topological polar surface area (TPSA) is 54.9 Å². The molecule has 4 nitrogen and oxygen atoms in total. The summed E-state index contributed by atoms with van der Waals surface area (Å²) in [7, 11) is 0. The van der Waals surface area contributed by atoms with Crippen molar-refractivity contribution in [3.63, 3.8) is 0 Å². The Bertz CT molecular complexity index is 933. The zero-order chi connectivity index (χ0) is 17.8. The normalized spacial score (nSPS) is 10.8. The molecule has 3 rings (SSSR count). The molecule has 3 aromatic rings. The van der Waals surface area contributed by atoms with Crippen LogP contribution in [-0.4, -0.2) is 21.5 Å². The summed E-state index contributed by atoms with van der Waals surface area (Å²) in [6.45, 7) is 1.99. The number of fused-ring (bicyclic) bond motifs is 1. The van der Waals surface area contributed by atoms with E-state index in [-0.39, 0.29) is 11.3 Å². The third kappa shape index (κ3) is 3.61. The van der Waals surface area contributed by atoms with Crippen LogP contribution in [0.2, 0.25) is 0 Å². The Morgan fingerprint density at radius 2 is 1.88 bits per heavy atom. The molecule has 1 heterocycles. The molecule has 0 amide bonds. The van der Waals surface area contributed by atoms with Crippen molar-refractivity contribution >= 4 is 34.5 Å². The largest absolute Gasteiger partial charge is 0.327 e. The number of carbonyl (C=O) groups is 1. The molecule has 0 bridgehead atoms. The molecular weight excluding hydrogens is 344 g/mol. The number of nitrogens with zero attached hydrogens (tertiary/aromatic N) is 2. The monoisotopic (exact) mass is 359 g/mol. The van der Waals surface area contributed by atoms with Gasteiger partial charge in [-0.1, -0.05) is 18.9 Å². The second kappa shape index (κ2) is 7.57. The van der Waals surface area contributed by atoms with Crippen molar-refractivity contribution in [2.75, 3.05) is 10.5 Å². The molecule has 1 N–H and O–H groups in total. The van der Waals surface area contributed by atoms with E-state index >= 15 is 0 Å². The van der Waals surface area contributed by atoms with E-state index in [1.165, 1.54) is 42.5 Å². The molecule has 0 saturated heterocycles. The van der Waals surface area contributed by atoms with Gasteiger partial charge in [-0.2, -0.15) is 0 Å². The van der Waals surface area contributed by atoms with Gasteiger partial charge in [0.2, 0.25) is 0 Å². The van der Waals surface area contributed by atoms with E-state index in [0.717, 1.165) is 18.2 Å². The van der Waals surface area contributed by atoms with Gasteiger partial charge in [-0.3, -0.25) is 14.8 Å². The van der Waals surface area contributed by atoms with E-state index in [0.29, 0.717) is 11.0 Å². The molecule has 1 aromatic heterocycles. The summed E-state index contributed by atoms with van der Waals surface area (Å²) in [5.74, 6) is -1.75. The van der Waals surface area contributed by atoms with Crippen LogP contribution in [0.15, 0.2) is 42.7 Å². The number of anilines is 1. The number of halogens is 2. The van der Waals surface area contributed by atoms with Crippen molar-refractivity contribution in [1.29, 1.82) is 0 Å². The van der Waals surface area contributed by atoms with E-state index in [1.807, 2.05) is 6.92 Å². The van der Waals surface area contributed by atoms with Crippen molar-refractivity contribution in [3.05, 3.63) is 65.5 Å². The highest BCUT2D eigenvalue weighted by atomic mass is 32.2. The summed E-state index contributed by atoms with van der Waals surface area (Å²) in [6, 6.07) is 6.95. The van der Waals surface area contributed by atoms with Crippen molar-refractivity contribution in [1.82, 2.24) is 9.97 Å². The lowest BCUT2D eigenvalue weighted by Gasteiger charge is -2.10. The molecule has 0 radical (unpaired) electrons. The first-order valence-corrected chi connectivity index (χ1v) is 8.71. The molecule has 7 heteroatoms. The van der Waals surface area contributed by atoms with Crippen LogP contribution in [-0.2, 0) is 0 Å². The maximum absolute atomic E-state index is 14.6. The second-order valence-corrected chi connectivity index (χ2v) is 6.22. The van der Waals surface area contributed by atoms with Gasteiger partial charge in [0.05, 0.1) is 22.3 Å². The molecule has 0 aliphatic heterocycles. The summed E-state index contributed by atoms with van der Waals surface area (Å²) in [5, 5.41) is 0. The molecule has 0 aliphatic rings. The van der Waals surface area contributed by atoms with Crippen LogP contribution >= 0.6 is 11.9 Å². The molecule has 0 unspecified atom stereocenters. The number of hydrogen-bond acceptors (Lipinski definition) is 5. The van der Waals surface area contributed by atoms with Crippen LogP contribution in [0.3, 0.4) is 0 Å². The Morgan fingerprint density at radius 3 is 2.64 bits per heavy atom. The van der Waals surface area contributed by atoms with Crippen LogP contribution in [0.4, 0.5) is 14.5 Å². The summed E-state index contributed by atoms with van der Waals surface area (Å²) < 4.78 is 31.6. The number of rotatable bonds is 6. The third-order valence-electron chi connectivity index (χ3n) is 3.54. The number of aromatic nitrogens is 2. The average molecular weight is 359 g/mol. The fourth-order valence-electron chi connectivity index (χ4n) is 2.32. The first kappa shape index (κ1) is 17.3. The summed E-state index contributed by atoms with van der Waals surface area (Å²) in [4.78, 5) is 20.9. The standard InChI is InChI=1S/C18H15F2N3OS/c1-2-9-25-23-14-6-4-12(19)16(17(14)20)18(24)11-3-5-13-15(10-11)22-8-7-21-13/h3-8,10,23H,2,9H2,1H3. The molecule has 0 spiro atoms. The zero-order valence-electron chi connectivity index (χ0n) is 13.4. The minimum absolute atomic E-state index is 0.0868. The average Bonchev–Trinajstić information content (AvgIpc) is 2.63. The third-order valence-corrected chi connectivity index (χ3v) is 4.51. The predicted molar refractivity (Wildman–Crippen MR) is 95.7 cm³/mol. The highest BCUT2D eigenvalue weighted by Crippen LogP contribution is 2.26. The van der Waals surface area contributed by atoms with Crippen LogP contribution in [0.1, 0.15) is 29.3 Å². The van der Waals surface area contributed by atoms with Crippen LogP contribution in [0, 0.1) is 11.6 Å². The smallest absolute Gasteiger partial charge is 0.199 e. The van der Waals surface area contributed by atoms with Gasteiger partial charge in [-0.25, -0.2) is 8.78 Å². The Morgan fingerprint density at radius 1 is 1.12 bits per heavy atom. The van der Waals surface area contributed by atoms with Gasteiger partial charge in [-0.15, -0.1) is 0 Å². The van der Waals surface area contributed by atoms with Crippen molar-refractivity contribution in [3.8, 4) is 0 Å². The van der Waals surface area contributed by atoms with E-state index in [2.05, 4.69) is 14.7 Å².